The molecule has 0 saturated carbocycles. The van der Waals surface area contributed by atoms with Crippen LogP contribution in [0.2, 0.25) is 0 Å². The van der Waals surface area contributed by atoms with Gasteiger partial charge in [-0.3, -0.25) is 0 Å². The first-order chi connectivity index (χ1) is 15.8. The molecule has 162 valence electrons. The summed E-state index contributed by atoms with van der Waals surface area (Å²) in [5.74, 6) is 1.42. The second-order valence-electron chi connectivity index (χ2n) is 7.68. The lowest BCUT2D eigenvalue weighted by atomic mass is 10.1. The number of rotatable bonds is 7. The summed E-state index contributed by atoms with van der Waals surface area (Å²) in [5, 5.41) is 11.0. The van der Waals surface area contributed by atoms with E-state index in [9.17, 15) is 0 Å². The van der Waals surface area contributed by atoms with Crippen molar-refractivity contribution in [2.45, 2.75) is 25.5 Å². The molecule has 0 amide bonds. The molecular formula is C24H24N6O2. The highest BCUT2D eigenvalue weighted by molar-refractivity contribution is 5.63. The van der Waals surface area contributed by atoms with E-state index >= 15 is 0 Å². The molecule has 8 nitrogen and oxygen atoms in total. The topological polar surface area (TPSA) is 87.0 Å². The van der Waals surface area contributed by atoms with Gasteiger partial charge in [0.2, 0.25) is 5.95 Å². The second kappa shape index (κ2) is 9.57. The molecule has 2 aromatic heterocycles. The van der Waals surface area contributed by atoms with Gasteiger partial charge >= 0.3 is 0 Å². The first-order valence-corrected chi connectivity index (χ1v) is 10.7. The van der Waals surface area contributed by atoms with E-state index in [0.29, 0.717) is 12.5 Å². The van der Waals surface area contributed by atoms with Gasteiger partial charge in [0, 0.05) is 30.3 Å². The number of hydrogen-bond acceptors (Lipinski definition) is 7. The molecule has 1 saturated heterocycles. The molecular weight excluding hydrogens is 404 g/mol. The average molecular weight is 428 g/mol. The zero-order chi connectivity index (χ0) is 21.6. The van der Waals surface area contributed by atoms with E-state index < -0.39 is 0 Å². The van der Waals surface area contributed by atoms with E-state index in [1.165, 1.54) is 0 Å². The zero-order valence-corrected chi connectivity index (χ0v) is 17.6. The Morgan fingerprint density at radius 3 is 2.62 bits per heavy atom. The van der Waals surface area contributed by atoms with E-state index in [2.05, 4.69) is 37.6 Å². The summed E-state index contributed by atoms with van der Waals surface area (Å²) in [6.07, 6.45) is 7.26. The van der Waals surface area contributed by atoms with Crippen LogP contribution in [0.3, 0.4) is 0 Å². The van der Waals surface area contributed by atoms with Gasteiger partial charge < -0.3 is 19.4 Å². The minimum atomic E-state index is 0.227. The number of anilines is 2. The largest absolute Gasteiger partial charge is 0.490 e. The molecule has 1 N–H and O–H groups in total. The van der Waals surface area contributed by atoms with Crippen LogP contribution in [0.5, 0.6) is 5.75 Å². The molecule has 0 unspecified atom stereocenters. The highest BCUT2D eigenvalue weighted by Crippen LogP contribution is 2.24. The zero-order valence-electron chi connectivity index (χ0n) is 17.6. The van der Waals surface area contributed by atoms with Crippen LogP contribution in [-0.2, 0) is 11.3 Å². The van der Waals surface area contributed by atoms with Crippen LogP contribution in [0, 0.1) is 0 Å². The van der Waals surface area contributed by atoms with Crippen molar-refractivity contribution in [3.05, 3.63) is 79.0 Å². The summed E-state index contributed by atoms with van der Waals surface area (Å²) < 4.78 is 13.4. The first kappa shape index (κ1) is 20.1. The summed E-state index contributed by atoms with van der Waals surface area (Å²) in [7, 11) is 0. The van der Waals surface area contributed by atoms with Gasteiger partial charge in [-0.05, 0) is 48.0 Å². The van der Waals surface area contributed by atoms with E-state index in [0.717, 1.165) is 54.3 Å². The highest BCUT2D eigenvalue weighted by Gasteiger charge is 2.15. The van der Waals surface area contributed by atoms with Crippen molar-refractivity contribution in [3.63, 3.8) is 0 Å². The maximum absolute atomic E-state index is 6.06. The van der Waals surface area contributed by atoms with Crippen LogP contribution >= 0.6 is 0 Å². The van der Waals surface area contributed by atoms with Crippen LogP contribution in [0.15, 0.2) is 73.4 Å². The third-order valence-electron chi connectivity index (χ3n) is 5.29. The smallest absolute Gasteiger partial charge is 0.227 e. The van der Waals surface area contributed by atoms with Crippen molar-refractivity contribution in [3.8, 4) is 17.0 Å². The summed E-state index contributed by atoms with van der Waals surface area (Å²) in [6, 6.07) is 18.1. The third-order valence-corrected chi connectivity index (χ3v) is 5.29. The summed E-state index contributed by atoms with van der Waals surface area (Å²) >= 11 is 0. The normalized spacial score (nSPS) is 14.2. The maximum Gasteiger partial charge on any atom is 0.227 e. The van der Waals surface area contributed by atoms with E-state index in [-0.39, 0.29) is 6.10 Å². The Morgan fingerprint density at radius 1 is 1.00 bits per heavy atom. The Kier molecular flexibility index (Phi) is 6.02. The molecule has 2 aromatic carbocycles. The van der Waals surface area contributed by atoms with Crippen LogP contribution in [-0.4, -0.2) is 44.1 Å². The van der Waals surface area contributed by atoms with Gasteiger partial charge in [0.25, 0.3) is 0 Å². The lowest BCUT2D eigenvalue weighted by molar-refractivity contribution is 0.0256. The maximum atomic E-state index is 6.06. The standard InChI is InChI=1S/C24H24N6O2/c1-2-18(15-30-16-26-27-17-30)14-20(3-1)28-24-25-11-8-23(29-24)19-4-6-21(7-5-19)32-22-9-12-31-13-10-22/h1-8,11,14,16-17,22H,9-10,12-13,15H2,(H,25,28,29). The van der Waals surface area contributed by atoms with Crippen molar-refractivity contribution in [1.82, 2.24) is 24.7 Å². The fourth-order valence-electron chi connectivity index (χ4n) is 3.66. The molecule has 1 fully saturated rings. The molecule has 5 rings (SSSR count). The van der Waals surface area contributed by atoms with Crippen LogP contribution in [0.25, 0.3) is 11.3 Å². The number of benzene rings is 2. The minimum absolute atomic E-state index is 0.227. The Balaban J connectivity index is 1.26. The van der Waals surface area contributed by atoms with Crippen molar-refractivity contribution in [2.75, 3.05) is 18.5 Å². The molecule has 1 aliphatic heterocycles. The Morgan fingerprint density at radius 2 is 1.81 bits per heavy atom. The monoisotopic (exact) mass is 428 g/mol. The predicted octanol–water partition coefficient (Wildman–Crippen LogP) is 4.08. The van der Waals surface area contributed by atoms with Gasteiger partial charge in [-0.1, -0.05) is 12.1 Å². The van der Waals surface area contributed by atoms with Crippen molar-refractivity contribution >= 4 is 11.6 Å². The van der Waals surface area contributed by atoms with Crippen LogP contribution < -0.4 is 10.1 Å². The number of nitrogens with one attached hydrogen (secondary N) is 1. The van der Waals surface area contributed by atoms with E-state index in [4.69, 9.17) is 9.47 Å². The van der Waals surface area contributed by atoms with Gasteiger partial charge in [0.05, 0.1) is 25.5 Å². The molecule has 0 aliphatic carbocycles. The lowest BCUT2D eigenvalue weighted by Gasteiger charge is -2.23. The molecule has 8 heteroatoms. The molecule has 0 bridgehead atoms. The van der Waals surface area contributed by atoms with Gasteiger partial charge in [-0.15, -0.1) is 10.2 Å². The summed E-state index contributed by atoms with van der Waals surface area (Å²) in [5.41, 5.74) is 3.91. The number of aromatic nitrogens is 5. The summed E-state index contributed by atoms with van der Waals surface area (Å²) in [6.45, 7) is 2.23. The minimum Gasteiger partial charge on any atom is -0.490 e. The quantitative estimate of drug-likeness (QED) is 0.474. The number of nitrogens with zero attached hydrogens (tertiary/aromatic N) is 5. The Bertz CT molecular complexity index is 1140. The molecule has 0 atom stereocenters. The highest BCUT2D eigenvalue weighted by atomic mass is 16.5. The Labute approximate surface area is 186 Å². The van der Waals surface area contributed by atoms with Gasteiger partial charge in [-0.2, -0.15) is 0 Å². The number of ether oxygens (including phenoxy) is 2. The van der Waals surface area contributed by atoms with Crippen molar-refractivity contribution in [1.29, 1.82) is 0 Å². The SMILES string of the molecule is c1cc(Cn2cnnc2)cc(Nc2nccc(-c3ccc(OC4CCOCC4)cc3)n2)c1. The van der Waals surface area contributed by atoms with Crippen molar-refractivity contribution < 1.29 is 9.47 Å². The molecule has 32 heavy (non-hydrogen) atoms. The van der Waals surface area contributed by atoms with Gasteiger partial charge in [0.1, 0.15) is 24.5 Å². The van der Waals surface area contributed by atoms with Crippen LogP contribution in [0.1, 0.15) is 18.4 Å². The molecule has 3 heterocycles. The second-order valence-corrected chi connectivity index (χ2v) is 7.68. The third kappa shape index (κ3) is 5.09. The first-order valence-electron chi connectivity index (χ1n) is 10.7. The van der Waals surface area contributed by atoms with Gasteiger partial charge in [-0.25, -0.2) is 9.97 Å². The van der Waals surface area contributed by atoms with Gasteiger partial charge in [0.15, 0.2) is 0 Å². The fraction of sp³-hybridized carbons (Fsp3) is 0.250. The molecule has 0 radical (unpaired) electrons. The molecule has 1 aliphatic rings. The molecule has 0 spiro atoms. The fourth-order valence-corrected chi connectivity index (χ4v) is 3.66. The van der Waals surface area contributed by atoms with E-state index in [1.807, 2.05) is 47.0 Å². The van der Waals surface area contributed by atoms with Crippen molar-refractivity contribution in [2.24, 2.45) is 0 Å². The van der Waals surface area contributed by atoms with E-state index in [1.54, 1.807) is 18.9 Å². The average Bonchev–Trinajstić information content (AvgIpc) is 3.34. The lowest BCUT2D eigenvalue weighted by Crippen LogP contribution is -2.25. The predicted molar refractivity (Wildman–Crippen MR) is 121 cm³/mol. The number of hydrogen-bond donors (Lipinski definition) is 1. The van der Waals surface area contributed by atoms with Crippen LogP contribution in [0.4, 0.5) is 11.6 Å². The summed E-state index contributed by atoms with van der Waals surface area (Å²) in [4.78, 5) is 9.06. The molecule has 4 aromatic rings. The Hall–Kier alpha value is -3.78.